The van der Waals surface area contributed by atoms with Crippen LogP contribution in [-0.4, -0.2) is 23.2 Å². The molecule has 1 aliphatic rings. The van der Waals surface area contributed by atoms with Crippen LogP contribution in [0.2, 0.25) is 0 Å². The Morgan fingerprint density at radius 2 is 1.86 bits per heavy atom. The van der Waals surface area contributed by atoms with E-state index in [9.17, 15) is 8.42 Å². The van der Waals surface area contributed by atoms with E-state index < -0.39 is 9.84 Å². The van der Waals surface area contributed by atoms with Gasteiger partial charge < -0.3 is 0 Å². The van der Waals surface area contributed by atoms with Crippen LogP contribution in [-0.2, 0) is 9.84 Å². The molecule has 2 unspecified atom stereocenters. The lowest BCUT2D eigenvalue weighted by Crippen LogP contribution is -2.21. The number of rotatable bonds is 2. The van der Waals surface area contributed by atoms with Gasteiger partial charge in [0.05, 0.1) is 5.25 Å². The summed E-state index contributed by atoms with van der Waals surface area (Å²) in [6.07, 6.45) is 7.72. The number of sulfone groups is 1. The topological polar surface area (TPSA) is 34.1 Å². The van der Waals surface area contributed by atoms with Crippen molar-refractivity contribution in [3.05, 3.63) is 12.2 Å². The maximum absolute atomic E-state index is 11.6. The first-order valence-electron chi connectivity index (χ1n) is 4.66. The van der Waals surface area contributed by atoms with Gasteiger partial charge in [0.25, 0.3) is 0 Å². The largest absolute Gasteiger partial charge is 0.227 e. The summed E-state index contributed by atoms with van der Waals surface area (Å²) in [6.45, 7) is 0. The summed E-state index contributed by atoms with van der Waals surface area (Å²) in [6, 6.07) is 0. The molecular formula is C9H14Br2O2S. The zero-order chi connectivity index (χ0) is 10.6. The first-order chi connectivity index (χ1) is 6.56. The van der Waals surface area contributed by atoms with Crippen molar-refractivity contribution >= 4 is 41.7 Å². The molecule has 0 fully saturated rings. The summed E-state index contributed by atoms with van der Waals surface area (Å²) in [4.78, 5) is 0.329. The highest BCUT2D eigenvalue weighted by Gasteiger charge is 2.22. The second-order valence-corrected chi connectivity index (χ2v) is 8.19. The minimum atomic E-state index is -2.98. The first-order valence-corrected chi connectivity index (χ1v) is 8.41. The van der Waals surface area contributed by atoms with Crippen molar-refractivity contribution in [3.63, 3.8) is 0 Å². The smallest absolute Gasteiger partial charge is 0.166 e. The van der Waals surface area contributed by atoms with Crippen LogP contribution in [0.5, 0.6) is 0 Å². The normalized spacial score (nSPS) is 31.9. The molecule has 0 saturated heterocycles. The lowest BCUT2D eigenvalue weighted by atomic mass is 10.1. The molecule has 2 atom stereocenters. The van der Waals surface area contributed by atoms with Crippen LogP contribution in [0.3, 0.4) is 0 Å². The number of allylic oxidation sites excluding steroid dienone is 1. The molecule has 0 aliphatic heterocycles. The Balaban J connectivity index is 2.77. The van der Waals surface area contributed by atoms with E-state index in [2.05, 4.69) is 31.9 Å². The van der Waals surface area contributed by atoms with Crippen LogP contribution >= 0.6 is 31.9 Å². The molecule has 0 aromatic rings. The van der Waals surface area contributed by atoms with Crippen LogP contribution < -0.4 is 0 Å². The molecule has 0 aromatic heterocycles. The molecule has 0 aromatic carbocycles. The molecule has 14 heavy (non-hydrogen) atoms. The Labute approximate surface area is 102 Å². The summed E-state index contributed by atoms with van der Waals surface area (Å²) in [5.41, 5.74) is 0. The summed E-state index contributed by atoms with van der Waals surface area (Å²) < 4.78 is 23.3. The van der Waals surface area contributed by atoms with Crippen LogP contribution in [0.4, 0.5) is 0 Å². The summed E-state index contributed by atoms with van der Waals surface area (Å²) >= 11 is 6.53. The van der Waals surface area contributed by atoms with E-state index >= 15 is 0 Å². The Kier molecular flexibility index (Phi) is 5.14. The van der Waals surface area contributed by atoms with E-state index in [-0.39, 0.29) is 9.91 Å². The maximum Gasteiger partial charge on any atom is 0.166 e. The van der Waals surface area contributed by atoms with Gasteiger partial charge >= 0.3 is 0 Å². The third kappa shape index (κ3) is 3.66. The van der Waals surface area contributed by atoms with Gasteiger partial charge in [-0.05, 0) is 12.8 Å². The van der Waals surface area contributed by atoms with E-state index in [1.807, 2.05) is 12.2 Å². The maximum atomic E-state index is 11.6. The van der Waals surface area contributed by atoms with Crippen molar-refractivity contribution in [2.24, 2.45) is 0 Å². The molecule has 82 valence electrons. The minimum Gasteiger partial charge on any atom is -0.227 e. The molecule has 1 aliphatic carbocycles. The predicted molar refractivity (Wildman–Crippen MR) is 66.8 cm³/mol. The molecule has 0 amide bonds. The van der Waals surface area contributed by atoms with Crippen molar-refractivity contribution in [1.82, 2.24) is 0 Å². The highest BCUT2D eigenvalue weighted by molar-refractivity contribution is 9.10. The second-order valence-electron chi connectivity index (χ2n) is 3.50. The number of hydrogen-bond acceptors (Lipinski definition) is 2. The van der Waals surface area contributed by atoms with Crippen molar-refractivity contribution in [1.29, 1.82) is 0 Å². The fourth-order valence-corrected chi connectivity index (χ4v) is 4.04. The predicted octanol–water partition coefficient (Wildman–Crippen LogP) is 3.02. The van der Waals surface area contributed by atoms with Crippen LogP contribution in [0.15, 0.2) is 12.2 Å². The van der Waals surface area contributed by atoms with E-state index in [0.717, 1.165) is 25.7 Å². The highest BCUT2D eigenvalue weighted by atomic mass is 79.9. The zero-order valence-electron chi connectivity index (χ0n) is 7.83. The summed E-state index contributed by atoms with van der Waals surface area (Å²) in [7, 11) is -2.98. The van der Waals surface area contributed by atoms with Gasteiger partial charge in [0.1, 0.15) is 4.66 Å². The molecule has 2 nitrogen and oxygen atoms in total. The van der Waals surface area contributed by atoms with E-state index in [0.29, 0.717) is 4.83 Å². The quantitative estimate of drug-likeness (QED) is 0.569. The van der Waals surface area contributed by atoms with Crippen LogP contribution in [0.25, 0.3) is 0 Å². The molecular weight excluding hydrogens is 332 g/mol. The van der Waals surface area contributed by atoms with E-state index in [1.165, 1.54) is 0 Å². The van der Waals surface area contributed by atoms with Gasteiger partial charge in [0, 0.05) is 4.83 Å². The van der Waals surface area contributed by atoms with Gasteiger partial charge in [0.2, 0.25) is 0 Å². The van der Waals surface area contributed by atoms with Crippen molar-refractivity contribution < 1.29 is 8.42 Å². The lowest BCUT2D eigenvalue weighted by molar-refractivity contribution is 0.576. The average Bonchev–Trinajstić information content (AvgIpc) is 2.11. The van der Waals surface area contributed by atoms with Crippen molar-refractivity contribution in [2.75, 3.05) is 4.66 Å². The van der Waals surface area contributed by atoms with Crippen molar-refractivity contribution in [3.8, 4) is 0 Å². The monoisotopic (exact) mass is 344 g/mol. The zero-order valence-corrected chi connectivity index (χ0v) is 11.8. The SMILES string of the molecule is O=S(=O)(CBr)C1/C=C\C(Br)CCCC1. The fourth-order valence-electron chi connectivity index (χ4n) is 1.50. The van der Waals surface area contributed by atoms with Crippen LogP contribution in [0.1, 0.15) is 25.7 Å². The molecule has 0 heterocycles. The molecule has 5 heteroatoms. The van der Waals surface area contributed by atoms with Gasteiger partial charge in [-0.15, -0.1) is 0 Å². The highest BCUT2D eigenvalue weighted by Crippen LogP contribution is 2.22. The molecule has 1 rings (SSSR count). The van der Waals surface area contributed by atoms with E-state index in [4.69, 9.17) is 0 Å². The molecule has 0 N–H and O–H groups in total. The molecule has 0 bridgehead atoms. The van der Waals surface area contributed by atoms with Gasteiger partial charge in [-0.1, -0.05) is 56.9 Å². The van der Waals surface area contributed by atoms with Gasteiger partial charge in [-0.3, -0.25) is 0 Å². The van der Waals surface area contributed by atoms with Gasteiger partial charge in [0.15, 0.2) is 9.84 Å². The Bertz CT molecular complexity index is 298. The van der Waals surface area contributed by atoms with Crippen LogP contribution in [0, 0.1) is 0 Å². The first kappa shape index (κ1) is 12.7. The third-order valence-electron chi connectivity index (χ3n) is 2.37. The molecule has 0 saturated carbocycles. The van der Waals surface area contributed by atoms with Gasteiger partial charge in [-0.25, -0.2) is 8.42 Å². The summed E-state index contributed by atoms with van der Waals surface area (Å²) in [5, 5.41) is -0.303. The van der Waals surface area contributed by atoms with Gasteiger partial charge in [-0.2, -0.15) is 0 Å². The lowest BCUT2D eigenvalue weighted by Gasteiger charge is -2.16. The number of alkyl halides is 2. The second kappa shape index (κ2) is 5.66. The number of halogens is 2. The standard InChI is InChI=1S/C9H14Br2O2S/c10-7-14(12,13)9-4-2-1-3-8(11)5-6-9/h5-6,8-9H,1-4,7H2/b6-5-. The van der Waals surface area contributed by atoms with Crippen molar-refractivity contribution in [2.45, 2.75) is 35.8 Å². The third-order valence-corrected chi connectivity index (χ3v) is 6.66. The molecule has 0 radical (unpaired) electrons. The number of hydrogen-bond donors (Lipinski definition) is 0. The van der Waals surface area contributed by atoms with E-state index in [1.54, 1.807) is 0 Å². The molecule has 0 spiro atoms. The Morgan fingerprint density at radius 1 is 1.21 bits per heavy atom. The Morgan fingerprint density at radius 3 is 2.50 bits per heavy atom. The summed E-state index contributed by atoms with van der Waals surface area (Å²) in [5.74, 6) is 0. The minimum absolute atomic E-state index is 0.0575. The average molecular weight is 346 g/mol. The Hall–Kier alpha value is 0.650. The fraction of sp³-hybridized carbons (Fsp3) is 0.778.